The van der Waals surface area contributed by atoms with Crippen LogP contribution in [0, 0.1) is 13.8 Å². The van der Waals surface area contributed by atoms with E-state index in [9.17, 15) is 9.59 Å². The first-order chi connectivity index (χ1) is 13.9. The number of carbonyl (C=O) groups excluding carboxylic acids is 2. The summed E-state index contributed by atoms with van der Waals surface area (Å²) in [5.41, 5.74) is 4.47. The SMILES string of the molecule is CCOC(=O)c1ccc(NC(=O)c2cnc(Nc3cc(C)cc(C)c3)nc2)cc1. The molecule has 3 rings (SSSR count). The monoisotopic (exact) mass is 390 g/mol. The van der Waals surface area contributed by atoms with Crippen LogP contribution in [0.1, 0.15) is 38.8 Å². The zero-order chi connectivity index (χ0) is 20.8. The fraction of sp³-hybridized carbons (Fsp3) is 0.182. The highest BCUT2D eigenvalue weighted by Crippen LogP contribution is 2.17. The first kappa shape index (κ1) is 20.0. The molecule has 0 radical (unpaired) electrons. The van der Waals surface area contributed by atoms with E-state index in [1.807, 2.05) is 26.0 Å². The summed E-state index contributed by atoms with van der Waals surface area (Å²) in [7, 11) is 0. The largest absolute Gasteiger partial charge is 0.462 e. The van der Waals surface area contributed by atoms with Crippen LogP contribution in [0.4, 0.5) is 17.3 Å². The zero-order valence-electron chi connectivity index (χ0n) is 16.5. The highest BCUT2D eigenvalue weighted by Gasteiger charge is 2.10. The maximum Gasteiger partial charge on any atom is 0.338 e. The molecule has 29 heavy (non-hydrogen) atoms. The number of hydrogen-bond donors (Lipinski definition) is 2. The molecule has 2 aromatic carbocycles. The van der Waals surface area contributed by atoms with Crippen molar-refractivity contribution in [2.45, 2.75) is 20.8 Å². The van der Waals surface area contributed by atoms with E-state index in [1.54, 1.807) is 31.2 Å². The zero-order valence-corrected chi connectivity index (χ0v) is 16.5. The molecule has 0 saturated carbocycles. The highest BCUT2D eigenvalue weighted by atomic mass is 16.5. The molecule has 0 saturated heterocycles. The van der Waals surface area contributed by atoms with Gasteiger partial charge in [-0.05, 0) is 68.3 Å². The smallest absolute Gasteiger partial charge is 0.338 e. The Labute approximate surface area is 169 Å². The van der Waals surface area contributed by atoms with Crippen LogP contribution in [0.3, 0.4) is 0 Å². The second-order valence-electron chi connectivity index (χ2n) is 6.55. The van der Waals surface area contributed by atoms with E-state index < -0.39 is 5.97 Å². The van der Waals surface area contributed by atoms with Gasteiger partial charge in [-0.3, -0.25) is 4.79 Å². The van der Waals surface area contributed by atoms with Crippen LogP contribution < -0.4 is 10.6 Å². The van der Waals surface area contributed by atoms with Crippen molar-refractivity contribution >= 4 is 29.2 Å². The number of benzene rings is 2. The summed E-state index contributed by atoms with van der Waals surface area (Å²) < 4.78 is 4.94. The average molecular weight is 390 g/mol. The van der Waals surface area contributed by atoms with E-state index in [1.165, 1.54) is 12.4 Å². The van der Waals surface area contributed by atoms with Gasteiger partial charge in [0.15, 0.2) is 0 Å². The van der Waals surface area contributed by atoms with Crippen molar-refractivity contribution in [3.63, 3.8) is 0 Å². The lowest BCUT2D eigenvalue weighted by atomic mass is 10.1. The topological polar surface area (TPSA) is 93.2 Å². The van der Waals surface area contributed by atoms with Crippen molar-refractivity contribution in [3.05, 3.63) is 77.1 Å². The van der Waals surface area contributed by atoms with Crippen LogP contribution in [-0.4, -0.2) is 28.5 Å². The quantitative estimate of drug-likeness (QED) is 0.611. The first-order valence-corrected chi connectivity index (χ1v) is 9.20. The summed E-state index contributed by atoms with van der Waals surface area (Å²) >= 11 is 0. The second-order valence-corrected chi connectivity index (χ2v) is 6.55. The Balaban J connectivity index is 1.63. The summed E-state index contributed by atoms with van der Waals surface area (Å²) in [5.74, 6) is -0.331. The molecule has 0 aliphatic carbocycles. The molecule has 1 aromatic heterocycles. The number of rotatable bonds is 6. The van der Waals surface area contributed by atoms with Gasteiger partial charge in [0.25, 0.3) is 5.91 Å². The Kier molecular flexibility index (Phi) is 6.19. The lowest BCUT2D eigenvalue weighted by Gasteiger charge is -2.08. The summed E-state index contributed by atoms with van der Waals surface area (Å²) in [6, 6.07) is 12.6. The normalized spacial score (nSPS) is 10.3. The Bertz CT molecular complexity index is 995. The van der Waals surface area contributed by atoms with Gasteiger partial charge in [-0.25, -0.2) is 14.8 Å². The third kappa shape index (κ3) is 5.38. The molecule has 3 aromatic rings. The van der Waals surface area contributed by atoms with Crippen molar-refractivity contribution in [1.82, 2.24) is 9.97 Å². The number of anilines is 3. The Hall–Kier alpha value is -3.74. The molecular formula is C22H22N4O3. The fourth-order valence-electron chi connectivity index (χ4n) is 2.79. The van der Waals surface area contributed by atoms with Gasteiger partial charge >= 0.3 is 5.97 Å². The van der Waals surface area contributed by atoms with Crippen molar-refractivity contribution in [1.29, 1.82) is 0 Å². The number of carbonyl (C=O) groups is 2. The number of nitrogens with zero attached hydrogens (tertiary/aromatic N) is 2. The molecule has 0 aliphatic rings. The van der Waals surface area contributed by atoms with Gasteiger partial charge in [0.05, 0.1) is 17.7 Å². The van der Waals surface area contributed by atoms with E-state index in [-0.39, 0.29) is 5.91 Å². The summed E-state index contributed by atoms with van der Waals surface area (Å²) in [5, 5.41) is 5.88. The Morgan fingerprint density at radius 3 is 2.10 bits per heavy atom. The van der Waals surface area contributed by atoms with Gasteiger partial charge in [0.2, 0.25) is 5.95 Å². The van der Waals surface area contributed by atoms with Gasteiger partial charge in [-0.2, -0.15) is 0 Å². The van der Waals surface area contributed by atoms with Crippen LogP contribution in [0.25, 0.3) is 0 Å². The van der Waals surface area contributed by atoms with Crippen LogP contribution in [0.15, 0.2) is 54.9 Å². The van der Waals surface area contributed by atoms with E-state index >= 15 is 0 Å². The lowest BCUT2D eigenvalue weighted by molar-refractivity contribution is 0.0526. The molecule has 7 heteroatoms. The molecule has 0 spiro atoms. The van der Waals surface area contributed by atoms with Crippen LogP contribution in [-0.2, 0) is 4.74 Å². The number of esters is 1. The molecule has 2 N–H and O–H groups in total. The highest BCUT2D eigenvalue weighted by molar-refractivity contribution is 6.04. The molecule has 0 aliphatic heterocycles. The van der Waals surface area contributed by atoms with Gasteiger partial charge in [-0.15, -0.1) is 0 Å². The number of nitrogens with one attached hydrogen (secondary N) is 2. The number of amides is 1. The number of aromatic nitrogens is 2. The minimum Gasteiger partial charge on any atom is -0.462 e. The first-order valence-electron chi connectivity index (χ1n) is 9.20. The number of aryl methyl sites for hydroxylation is 2. The summed E-state index contributed by atoms with van der Waals surface area (Å²) in [4.78, 5) is 32.5. The molecule has 148 valence electrons. The molecule has 1 heterocycles. The van der Waals surface area contributed by atoms with Crippen LogP contribution >= 0.6 is 0 Å². The molecule has 0 unspecified atom stereocenters. The number of ether oxygens (including phenoxy) is 1. The van der Waals surface area contributed by atoms with E-state index in [2.05, 4.69) is 26.7 Å². The van der Waals surface area contributed by atoms with Crippen LogP contribution in [0.2, 0.25) is 0 Å². The third-order valence-corrected chi connectivity index (χ3v) is 4.05. The van der Waals surface area contributed by atoms with Gasteiger partial charge < -0.3 is 15.4 Å². The fourth-order valence-corrected chi connectivity index (χ4v) is 2.79. The molecule has 0 atom stereocenters. The molecule has 1 amide bonds. The molecule has 7 nitrogen and oxygen atoms in total. The average Bonchev–Trinajstić information content (AvgIpc) is 2.68. The minimum atomic E-state index is -0.398. The van der Waals surface area contributed by atoms with E-state index in [0.717, 1.165) is 16.8 Å². The number of hydrogen-bond acceptors (Lipinski definition) is 6. The molecule has 0 fully saturated rings. The standard InChI is InChI=1S/C22H22N4O3/c1-4-29-21(28)16-5-7-18(8-6-16)25-20(27)17-12-23-22(24-13-17)26-19-10-14(2)9-15(3)11-19/h5-13H,4H2,1-3H3,(H,25,27)(H,23,24,26). The Morgan fingerprint density at radius 2 is 1.52 bits per heavy atom. The van der Waals surface area contributed by atoms with Crippen molar-refractivity contribution in [3.8, 4) is 0 Å². The minimum absolute atomic E-state index is 0.311. The van der Waals surface area contributed by atoms with E-state index in [4.69, 9.17) is 4.74 Å². The summed E-state index contributed by atoms with van der Waals surface area (Å²) in [6.45, 7) is 6.10. The third-order valence-electron chi connectivity index (χ3n) is 4.05. The predicted molar refractivity (Wildman–Crippen MR) is 112 cm³/mol. The maximum atomic E-state index is 12.4. The predicted octanol–water partition coefficient (Wildman–Crippen LogP) is 4.27. The van der Waals surface area contributed by atoms with Crippen molar-refractivity contribution in [2.75, 3.05) is 17.2 Å². The Morgan fingerprint density at radius 1 is 0.897 bits per heavy atom. The van der Waals surface area contributed by atoms with Gasteiger partial charge in [0.1, 0.15) is 0 Å². The van der Waals surface area contributed by atoms with Gasteiger partial charge in [0, 0.05) is 23.8 Å². The summed E-state index contributed by atoms with van der Waals surface area (Å²) in [6.07, 6.45) is 2.92. The van der Waals surface area contributed by atoms with Crippen molar-refractivity contribution < 1.29 is 14.3 Å². The van der Waals surface area contributed by atoms with Crippen molar-refractivity contribution in [2.24, 2.45) is 0 Å². The maximum absolute atomic E-state index is 12.4. The molecule has 0 bridgehead atoms. The van der Waals surface area contributed by atoms with E-state index in [0.29, 0.717) is 29.4 Å². The second kappa shape index (κ2) is 8.97. The van der Waals surface area contributed by atoms with Gasteiger partial charge in [-0.1, -0.05) is 6.07 Å². The molecular weight excluding hydrogens is 368 g/mol. The lowest BCUT2D eigenvalue weighted by Crippen LogP contribution is -2.13. The van der Waals surface area contributed by atoms with Crippen LogP contribution in [0.5, 0.6) is 0 Å².